The van der Waals surface area contributed by atoms with Crippen molar-refractivity contribution in [2.75, 3.05) is 30.3 Å². The van der Waals surface area contributed by atoms with Crippen molar-refractivity contribution < 1.29 is 9.50 Å². The lowest BCUT2D eigenvalue weighted by Gasteiger charge is -2.28. The van der Waals surface area contributed by atoms with E-state index in [4.69, 9.17) is 0 Å². The molecule has 2 aliphatic rings. The standard InChI is InChI=1S/C13H20FN5O/c14-11-12(16-5-8-3-4-15-6-10(8)20)17-7-18-13(11)19-9-1-2-9/h7-10,15,20H,1-6H2,(H2,16,17,18,19)/t8-,10+/m0/s1. The number of nitrogens with zero attached hydrogens (tertiary/aromatic N) is 2. The molecular formula is C13H20FN5O. The summed E-state index contributed by atoms with van der Waals surface area (Å²) in [4.78, 5) is 7.87. The van der Waals surface area contributed by atoms with Crippen molar-refractivity contribution in [3.8, 4) is 0 Å². The van der Waals surface area contributed by atoms with Crippen LogP contribution in [0.2, 0.25) is 0 Å². The number of hydrogen-bond donors (Lipinski definition) is 4. The summed E-state index contributed by atoms with van der Waals surface area (Å²) in [7, 11) is 0. The van der Waals surface area contributed by atoms with Gasteiger partial charge in [-0.05, 0) is 25.8 Å². The first-order valence-electron chi connectivity index (χ1n) is 7.13. The highest BCUT2D eigenvalue weighted by Gasteiger charge is 2.25. The van der Waals surface area contributed by atoms with E-state index in [2.05, 4.69) is 25.9 Å². The maximum absolute atomic E-state index is 14.2. The number of aliphatic hydroxyl groups is 1. The minimum atomic E-state index is -0.442. The van der Waals surface area contributed by atoms with Gasteiger partial charge < -0.3 is 21.1 Å². The Morgan fingerprint density at radius 1 is 1.30 bits per heavy atom. The number of rotatable bonds is 5. The Balaban J connectivity index is 1.61. The number of β-amino-alcohol motifs (C(OH)–C–C–N with tert-alkyl or cyclic N) is 1. The second-order valence-electron chi connectivity index (χ2n) is 5.50. The zero-order chi connectivity index (χ0) is 13.9. The van der Waals surface area contributed by atoms with Gasteiger partial charge in [0.2, 0.25) is 5.82 Å². The highest BCUT2D eigenvalue weighted by atomic mass is 19.1. The molecule has 0 spiro atoms. The van der Waals surface area contributed by atoms with Crippen LogP contribution >= 0.6 is 0 Å². The molecule has 0 radical (unpaired) electrons. The second kappa shape index (κ2) is 5.88. The number of aliphatic hydroxyl groups excluding tert-OH is 1. The molecule has 1 saturated heterocycles. The fourth-order valence-electron chi connectivity index (χ4n) is 2.38. The van der Waals surface area contributed by atoms with Crippen molar-refractivity contribution in [1.82, 2.24) is 15.3 Å². The summed E-state index contributed by atoms with van der Waals surface area (Å²) in [6.07, 6.45) is 3.95. The summed E-state index contributed by atoms with van der Waals surface area (Å²) in [6, 6.07) is 0.346. The number of piperidine rings is 1. The first-order valence-corrected chi connectivity index (χ1v) is 7.13. The van der Waals surface area contributed by atoms with Crippen LogP contribution < -0.4 is 16.0 Å². The van der Waals surface area contributed by atoms with Gasteiger partial charge >= 0.3 is 0 Å². The first kappa shape index (κ1) is 13.5. The van der Waals surface area contributed by atoms with Gasteiger partial charge in [-0.15, -0.1) is 0 Å². The highest BCUT2D eigenvalue weighted by Crippen LogP contribution is 2.26. The fourth-order valence-corrected chi connectivity index (χ4v) is 2.38. The van der Waals surface area contributed by atoms with Crippen LogP contribution in [0.1, 0.15) is 19.3 Å². The van der Waals surface area contributed by atoms with Crippen LogP contribution in [0.5, 0.6) is 0 Å². The van der Waals surface area contributed by atoms with Crippen molar-refractivity contribution in [3.63, 3.8) is 0 Å². The van der Waals surface area contributed by atoms with Gasteiger partial charge in [-0.25, -0.2) is 9.97 Å². The predicted octanol–water partition coefficient (Wildman–Crippen LogP) is 0.572. The van der Waals surface area contributed by atoms with Crippen LogP contribution in [-0.2, 0) is 0 Å². The molecule has 0 unspecified atom stereocenters. The molecule has 1 aliphatic carbocycles. The van der Waals surface area contributed by atoms with Crippen LogP contribution in [-0.4, -0.2) is 46.9 Å². The highest BCUT2D eigenvalue weighted by molar-refractivity contribution is 5.49. The van der Waals surface area contributed by atoms with Crippen molar-refractivity contribution in [2.24, 2.45) is 5.92 Å². The number of anilines is 2. The number of nitrogens with one attached hydrogen (secondary N) is 3. The van der Waals surface area contributed by atoms with Crippen LogP contribution in [0.3, 0.4) is 0 Å². The van der Waals surface area contributed by atoms with E-state index < -0.39 is 11.9 Å². The van der Waals surface area contributed by atoms with Crippen molar-refractivity contribution in [3.05, 3.63) is 12.1 Å². The Kier molecular flexibility index (Phi) is 3.98. The van der Waals surface area contributed by atoms with Crippen LogP contribution in [0.15, 0.2) is 6.33 Å². The van der Waals surface area contributed by atoms with Crippen LogP contribution in [0.4, 0.5) is 16.0 Å². The molecule has 1 saturated carbocycles. The summed E-state index contributed by atoms with van der Waals surface area (Å²) < 4.78 is 14.2. The zero-order valence-electron chi connectivity index (χ0n) is 11.3. The maximum atomic E-state index is 14.2. The first-order chi connectivity index (χ1) is 9.74. The molecular weight excluding hydrogens is 261 g/mol. The number of hydrogen-bond acceptors (Lipinski definition) is 6. The summed E-state index contributed by atoms with van der Waals surface area (Å²) in [5, 5.41) is 19.0. The van der Waals surface area contributed by atoms with Gasteiger partial charge in [0.25, 0.3) is 0 Å². The number of halogens is 1. The van der Waals surface area contributed by atoms with Crippen molar-refractivity contribution in [1.29, 1.82) is 0 Å². The number of aromatic nitrogens is 2. The average Bonchev–Trinajstić information content (AvgIpc) is 3.25. The molecule has 110 valence electrons. The fraction of sp³-hybridized carbons (Fsp3) is 0.692. The third kappa shape index (κ3) is 3.16. The monoisotopic (exact) mass is 281 g/mol. The Morgan fingerprint density at radius 3 is 2.85 bits per heavy atom. The third-order valence-corrected chi connectivity index (χ3v) is 3.83. The van der Waals surface area contributed by atoms with Crippen molar-refractivity contribution in [2.45, 2.75) is 31.4 Å². The molecule has 7 heteroatoms. The lowest BCUT2D eigenvalue weighted by molar-refractivity contribution is 0.0883. The second-order valence-corrected chi connectivity index (χ2v) is 5.50. The van der Waals surface area contributed by atoms with Gasteiger partial charge in [-0.3, -0.25) is 0 Å². The van der Waals surface area contributed by atoms with E-state index in [9.17, 15) is 9.50 Å². The largest absolute Gasteiger partial charge is 0.391 e. The molecule has 0 amide bonds. The Hall–Kier alpha value is -1.47. The quantitative estimate of drug-likeness (QED) is 0.632. The molecule has 20 heavy (non-hydrogen) atoms. The summed E-state index contributed by atoms with van der Waals surface area (Å²) in [5.74, 6) is 0.137. The molecule has 2 fully saturated rings. The van der Waals surface area contributed by atoms with Gasteiger partial charge in [0.05, 0.1) is 6.10 Å². The van der Waals surface area contributed by atoms with Gasteiger partial charge in [0.15, 0.2) is 11.6 Å². The van der Waals surface area contributed by atoms with E-state index in [0.29, 0.717) is 19.1 Å². The van der Waals surface area contributed by atoms with Gasteiger partial charge in [0.1, 0.15) is 6.33 Å². The van der Waals surface area contributed by atoms with Gasteiger partial charge in [0, 0.05) is 25.0 Å². The van der Waals surface area contributed by atoms with E-state index in [1.807, 2.05) is 0 Å². The molecule has 4 N–H and O–H groups in total. The summed E-state index contributed by atoms with van der Waals surface area (Å²) >= 11 is 0. The molecule has 1 aliphatic heterocycles. The molecule has 0 bridgehead atoms. The molecule has 2 heterocycles. The summed E-state index contributed by atoms with van der Waals surface area (Å²) in [6.45, 7) is 1.98. The van der Waals surface area contributed by atoms with Gasteiger partial charge in [-0.2, -0.15) is 4.39 Å². The Labute approximate surface area is 117 Å². The lowest BCUT2D eigenvalue weighted by atomic mass is 9.95. The molecule has 1 aromatic heterocycles. The summed E-state index contributed by atoms with van der Waals surface area (Å²) in [5.41, 5.74) is 0. The predicted molar refractivity (Wildman–Crippen MR) is 74.1 cm³/mol. The molecule has 1 aromatic rings. The lowest BCUT2D eigenvalue weighted by Crippen LogP contribution is -2.43. The topological polar surface area (TPSA) is 82.1 Å². The minimum absolute atomic E-state index is 0.116. The molecule has 3 rings (SSSR count). The Morgan fingerprint density at radius 2 is 2.10 bits per heavy atom. The minimum Gasteiger partial charge on any atom is -0.391 e. The van der Waals surface area contributed by atoms with E-state index in [0.717, 1.165) is 25.8 Å². The zero-order valence-corrected chi connectivity index (χ0v) is 11.3. The van der Waals surface area contributed by atoms with Crippen LogP contribution in [0, 0.1) is 11.7 Å². The molecule has 6 nitrogen and oxygen atoms in total. The third-order valence-electron chi connectivity index (χ3n) is 3.83. The van der Waals surface area contributed by atoms with Gasteiger partial charge in [-0.1, -0.05) is 0 Å². The molecule has 2 atom stereocenters. The Bertz CT molecular complexity index is 468. The van der Waals surface area contributed by atoms with E-state index in [1.165, 1.54) is 6.33 Å². The average molecular weight is 281 g/mol. The van der Waals surface area contributed by atoms with E-state index >= 15 is 0 Å². The SMILES string of the molecule is O[C@@H]1CNCC[C@H]1CNc1ncnc(NC2CC2)c1F. The van der Waals surface area contributed by atoms with E-state index in [-0.39, 0.29) is 17.6 Å². The van der Waals surface area contributed by atoms with Crippen LogP contribution in [0.25, 0.3) is 0 Å². The smallest absolute Gasteiger partial charge is 0.207 e. The molecule has 0 aromatic carbocycles. The van der Waals surface area contributed by atoms with E-state index in [1.54, 1.807) is 0 Å². The maximum Gasteiger partial charge on any atom is 0.207 e. The normalized spacial score (nSPS) is 26.3. The van der Waals surface area contributed by atoms with Crippen molar-refractivity contribution >= 4 is 11.6 Å².